The van der Waals surface area contributed by atoms with Crippen LogP contribution >= 0.6 is 0 Å². The maximum Gasteiger partial charge on any atom is 0.416 e. The summed E-state index contributed by atoms with van der Waals surface area (Å²) in [4.78, 5) is 21.1. The highest BCUT2D eigenvalue weighted by Gasteiger charge is 2.29. The van der Waals surface area contributed by atoms with Gasteiger partial charge in [-0.3, -0.25) is 4.79 Å². The van der Waals surface area contributed by atoms with Crippen molar-refractivity contribution in [3.8, 4) is 0 Å². The van der Waals surface area contributed by atoms with Gasteiger partial charge in [-0.1, -0.05) is 0 Å². The molecule has 1 amide bonds. The number of hydrogen-bond acceptors (Lipinski definition) is 3. The van der Waals surface area contributed by atoms with Crippen LogP contribution in [0.4, 0.5) is 18.9 Å². The highest BCUT2D eigenvalue weighted by molar-refractivity contribution is 6.02. The average Bonchev–Trinajstić information content (AvgIpc) is 2.26. The molecule has 0 aliphatic rings. The number of hydrogen-bond donors (Lipinski definition) is 1. The lowest BCUT2D eigenvalue weighted by atomic mass is 10.2. The van der Waals surface area contributed by atoms with Gasteiger partial charge in [0.05, 0.1) is 11.5 Å². The van der Waals surface area contributed by atoms with E-state index in [4.69, 9.17) is 0 Å². The molecule has 1 N–H and O–H groups in total. The van der Waals surface area contributed by atoms with E-state index >= 15 is 0 Å². The maximum absolute atomic E-state index is 12.2. The molecule has 0 saturated carbocycles. The summed E-state index contributed by atoms with van der Waals surface area (Å²) in [5.41, 5.74) is -0.721. The van der Waals surface area contributed by atoms with E-state index in [1.165, 1.54) is 0 Å². The number of anilines is 1. The van der Waals surface area contributed by atoms with Crippen LogP contribution in [0, 0.1) is 0 Å². The number of amides is 1. The molecule has 0 unspecified atom stereocenters. The minimum absolute atomic E-state index is 0.121. The van der Waals surface area contributed by atoms with Gasteiger partial charge in [0.1, 0.15) is 0 Å². The second kappa shape index (κ2) is 5.35. The molecule has 4 nitrogen and oxygen atoms in total. The molecule has 1 aromatic rings. The summed E-state index contributed by atoms with van der Waals surface area (Å²) < 4.78 is 36.7. The van der Waals surface area contributed by atoms with Crippen molar-refractivity contribution < 1.29 is 27.9 Å². The number of carbonyl (C=O) groups excluding carboxylic acids is 2. The predicted octanol–water partition coefficient (Wildman–Crippen LogP) is 0.950. The quantitative estimate of drug-likeness (QED) is 0.820. The minimum atomic E-state index is -4.45. The lowest BCUT2D eigenvalue weighted by molar-refractivity contribution is -0.297. The van der Waals surface area contributed by atoms with Crippen LogP contribution in [0.1, 0.15) is 5.56 Å². The van der Waals surface area contributed by atoms with Gasteiger partial charge in [-0.05, 0) is 30.3 Å². The third-order valence-corrected chi connectivity index (χ3v) is 1.85. The summed E-state index contributed by atoms with van der Waals surface area (Å²) in [5.74, 6) is -2.32. The largest absolute Gasteiger partial charge is 0.545 e. The summed E-state index contributed by atoms with van der Waals surface area (Å²) in [7, 11) is 0. The van der Waals surface area contributed by atoms with Crippen LogP contribution in [-0.4, -0.2) is 11.9 Å². The smallest absolute Gasteiger partial charge is 0.416 e. The van der Waals surface area contributed by atoms with Gasteiger partial charge in [0, 0.05) is 11.8 Å². The van der Waals surface area contributed by atoms with Gasteiger partial charge < -0.3 is 15.2 Å². The Labute approximate surface area is 99.7 Å². The molecule has 0 bridgehead atoms. The molecule has 0 fully saturated rings. The number of carboxylic acids is 1. The minimum Gasteiger partial charge on any atom is -0.545 e. The average molecular weight is 258 g/mol. The molecule has 0 atom stereocenters. The van der Waals surface area contributed by atoms with E-state index in [1.807, 2.05) is 0 Å². The number of aliphatic carboxylic acids is 1. The zero-order chi connectivity index (χ0) is 13.8. The number of nitrogens with one attached hydrogen (secondary N) is 1. The van der Waals surface area contributed by atoms with Crippen molar-refractivity contribution in [3.05, 3.63) is 42.0 Å². The summed E-state index contributed by atoms with van der Waals surface area (Å²) in [6, 6.07) is 3.73. The zero-order valence-electron chi connectivity index (χ0n) is 8.82. The van der Waals surface area contributed by atoms with E-state index in [2.05, 4.69) is 5.32 Å². The Morgan fingerprint density at radius 3 is 2.11 bits per heavy atom. The summed E-state index contributed by atoms with van der Waals surface area (Å²) in [6.45, 7) is 0. The van der Waals surface area contributed by atoms with Gasteiger partial charge in [-0.25, -0.2) is 0 Å². The monoisotopic (exact) mass is 258 g/mol. The lowest BCUT2D eigenvalue weighted by Crippen LogP contribution is -2.20. The Hall–Kier alpha value is -2.31. The highest BCUT2D eigenvalue weighted by atomic mass is 19.4. The molecule has 0 aromatic heterocycles. The number of halogens is 3. The molecule has 0 radical (unpaired) electrons. The van der Waals surface area contributed by atoms with Crippen LogP contribution in [0.15, 0.2) is 36.4 Å². The van der Waals surface area contributed by atoms with Crippen LogP contribution in [0.3, 0.4) is 0 Å². The second-order valence-electron chi connectivity index (χ2n) is 3.22. The first kappa shape index (κ1) is 13.8. The SMILES string of the molecule is O=C([O-])/C=C/C(=O)Nc1ccc(C(F)(F)F)cc1. The summed E-state index contributed by atoms with van der Waals surface area (Å²) >= 11 is 0. The molecular formula is C11H7F3NO3-. The number of carbonyl (C=O) groups is 2. The topological polar surface area (TPSA) is 69.2 Å². The van der Waals surface area contributed by atoms with Gasteiger partial charge in [0.25, 0.3) is 0 Å². The maximum atomic E-state index is 12.2. The van der Waals surface area contributed by atoms with Crippen LogP contribution in [0.2, 0.25) is 0 Å². The second-order valence-corrected chi connectivity index (χ2v) is 3.22. The van der Waals surface area contributed by atoms with Crippen LogP contribution in [0.5, 0.6) is 0 Å². The summed E-state index contributed by atoms with van der Waals surface area (Å²) in [5, 5.41) is 12.2. The van der Waals surface area contributed by atoms with Crippen molar-refractivity contribution in [2.24, 2.45) is 0 Å². The molecule has 0 saturated heterocycles. The molecule has 0 aliphatic carbocycles. The molecule has 0 spiro atoms. The van der Waals surface area contributed by atoms with Gasteiger partial charge >= 0.3 is 6.18 Å². The molecule has 0 aliphatic heterocycles. The first-order valence-corrected chi connectivity index (χ1v) is 4.66. The van der Waals surface area contributed by atoms with E-state index in [0.29, 0.717) is 12.2 Å². The van der Waals surface area contributed by atoms with Crippen LogP contribution in [-0.2, 0) is 15.8 Å². The molecule has 7 heteroatoms. The molecule has 96 valence electrons. The van der Waals surface area contributed by atoms with Crippen molar-refractivity contribution in [3.63, 3.8) is 0 Å². The van der Waals surface area contributed by atoms with Crippen molar-refractivity contribution in [1.29, 1.82) is 0 Å². The Bertz CT molecular complexity index is 477. The van der Waals surface area contributed by atoms with Crippen LogP contribution < -0.4 is 10.4 Å². The number of carboxylic acid groups (broad SMARTS) is 1. The fraction of sp³-hybridized carbons (Fsp3) is 0.0909. The molecule has 1 rings (SSSR count). The Kier molecular flexibility index (Phi) is 4.09. The molecule has 18 heavy (non-hydrogen) atoms. The predicted molar refractivity (Wildman–Crippen MR) is 54.2 cm³/mol. The molecular weight excluding hydrogens is 251 g/mol. The first-order valence-electron chi connectivity index (χ1n) is 4.66. The van der Waals surface area contributed by atoms with E-state index in [0.717, 1.165) is 24.3 Å². The van der Waals surface area contributed by atoms with E-state index in [1.54, 1.807) is 0 Å². The fourth-order valence-corrected chi connectivity index (χ4v) is 1.07. The van der Waals surface area contributed by atoms with Crippen molar-refractivity contribution >= 4 is 17.6 Å². The zero-order valence-corrected chi connectivity index (χ0v) is 8.82. The Morgan fingerprint density at radius 1 is 1.11 bits per heavy atom. The fourth-order valence-electron chi connectivity index (χ4n) is 1.07. The van der Waals surface area contributed by atoms with Gasteiger partial charge in [-0.2, -0.15) is 13.2 Å². The molecule has 1 aromatic carbocycles. The summed E-state index contributed by atoms with van der Waals surface area (Å²) in [6.07, 6.45) is -3.23. The van der Waals surface area contributed by atoms with E-state index < -0.39 is 23.6 Å². The van der Waals surface area contributed by atoms with Gasteiger partial charge in [0.2, 0.25) is 5.91 Å². The van der Waals surface area contributed by atoms with E-state index in [-0.39, 0.29) is 5.69 Å². The van der Waals surface area contributed by atoms with Crippen molar-refractivity contribution in [2.45, 2.75) is 6.18 Å². The first-order chi connectivity index (χ1) is 8.29. The standard InChI is InChI=1S/C11H8F3NO3/c12-11(13,14)7-1-3-8(4-2-7)15-9(16)5-6-10(17)18/h1-6H,(H,15,16)(H,17,18)/p-1/b6-5+. The third-order valence-electron chi connectivity index (χ3n) is 1.85. The van der Waals surface area contributed by atoms with E-state index in [9.17, 15) is 27.9 Å². The van der Waals surface area contributed by atoms with Crippen molar-refractivity contribution in [1.82, 2.24) is 0 Å². The van der Waals surface area contributed by atoms with Gasteiger partial charge in [0.15, 0.2) is 0 Å². The Balaban J connectivity index is 2.70. The Morgan fingerprint density at radius 2 is 1.67 bits per heavy atom. The number of alkyl halides is 3. The van der Waals surface area contributed by atoms with Gasteiger partial charge in [-0.15, -0.1) is 0 Å². The van der Waals surface area contributed by atoms with Crippen molar-refractivity contribution in [2.75, 3.05) is 5.32 Å². The lowest BCUT2D eigenvalue weighted by Gasteiger charge is -2.07. The number of rotatable bonds is 3. The molecule has 0 heterocycles. The highest BCUT2D eigenvalue weighted by Crippen LogP contribution is 2.29. The third kappa shape index (κ3) is 4.28. The normalized spacial score (nSPS) is 11.5. The number of benzene rings is 1. The van der Waals surface area contributed by atoms with Crippen LogP contribution in [0.25, 0.3) is 0 Å².